The molecule has 0 heteroatoms. The van der Waals surface area contributed by atoms with Crippen molar-refractivity contribution in [3.8, 4) is 0 Å². The molecule has 0 saturated heterocycles. The van der Waals surface area contributed by atoms with Gasteiger partial charge in [-0.2, -0.15) is 0 Å². The molecular weight excluding hydrogens is 204 g/mol. The van der Waals surface area contributed by atoms with Gasteiger partial charge in [0, 0.05) is 0 Å². The molecule has 0 nitrogen and oxygen atoms in total. The molecule has 0 aliphatic heterocycles. The lowest BCUT2D eigenvalue weighted by Crippen LogP contribution is -2.12. The van der Waals surface area contributed by atoms with Gasteiger partial charge in [-0.15, -0.1) is 0 Å². The van der Waals surface area contributed by atoms with Gasteiger partial charge in [0.25, 0.3) is 0 Å². The Labute approximate surface area is 111 Å². The molecule has 1 rings (SSSR count). The molecule has 1 saturated carbocycles. The molecule has 0 atom stereocenters. The van der Waals surface area contributed by atoms with E-state index in [-0.39, 0.29) is 0 Å². The van der Waals surface area contributed by atoms with Crippen molar-refractivity contribution in [2.75, 3.05) is 0 Å². The highest BCUT2D eigenvalue weighted by Crippen LogP contribution is 2.31. The van der Waals surface area contributed by atoms with Crippen molar-refractivity contribution in [1.29, 1.82) is 0 Å². The Balaban J connectivity index is 0.000000325. The van der Waals surface area contributed by atoms with Crippen LogP contribution in [0.5, 0.6) is 0 Å². The topological polar surface area (TPSA) is 0 Å². The van der Waals surface area contributed by atoms with Crippen molar-refractivity contribution in [3.05, 3.63) is 0 Å². The minimum atomic E-state index is 0.583. The minimum absolute atomic E-state index is 0.583. The lowest BCUT2D eigenvalue weighted by molar-refractivity contribution is 0.264. The summed E-state index contributed by atoms with van der Waals surface area (Å²) in [6.45, 7) is 13.7. The second-order valence-electron chi connectivity index (χ2n) is 6.57. The lowest BCUT2D eigenvalue weighted by atomic mass is 9.80. The number of hydrogen-bond donors (Lipinski definition) is 0. The van der Waals surface area contributed by atoms with Gasteiger partial charge in [-0.3, -0.25) is 0 Å². The molecule has 17 heavy (non-hydrogen) atoms. The van der Waals surface area contributed by atoms with Gasteiger partial charge in [0.1, 0.15) is 0 Å². The van der Waals surface area contributed by atoms with E-state index in [9.17, 15) is 0 Å². The van der Waals surface area contributed by atoms with Crippen LogP contribution < -0.4 is 0 Å². The second-order valence-corrected chi connectivity index (χ2v) is 6.57. The lowest BCUT2D eigenvalue weighted by Gasteiger charge is -2.26. The zero-order valence-electron chi connectivity index (χ0n) is 13.3. The summed E-state index contributed by atoms with van der Waals surface area (Å²) in [4.78, 5) is 0. The molecule has 0 heterocycles. The van der Waals surface area contributed by atoms with Gasteiger partial charge in [0.05, 0.1) is 0 Å². The zero-order valence-corrected chi connectivity index (χ0v) is 13.3. The minimum Gasteiger partial charge on any atom is -0.0651 e. The van der Waals surface area contributed by atoms with Crippen LogP contribution in [0.4, 0.5) is 0 Å². The van der Waals surface area contributed by atoms with Crippen molar-refractivity contribution in [2.24, 2.45) is 17.3 Å². The van der Waals surface area contributed by atoms with Gasteiger partial charge in [-0.25, -0.2) is 0 Å². The molecule has 0 unspecified atom stereocenters. The second kappa shape index (κ2) is 9.00. The van der Waals surface area contributed by atoms with E-state index < -0.39 is 0 Å². The molecule has 1 aliphatic carbocycles. The summed E-state index contributed by atoms with van der Waals surface area (Å²) in [5.41, 5.74) is 0.583. The molecular formula is C17H36. The predicted molar refractivity (Wildman–Crippen MR) is 80.4 cm³/mol. The summed E-state index contributed by atoms with van der Waals surface area (Å²) >= 11 is 0. The summed E-state index contributed by atoms with van der Waals surface area (Å²) in [6, 6.07) is 0. The van der Waals surface area contributed by atoms with Crippen LogP contribution in [0.3, 0.4) is 0 Å². The quantitative estimate of drug-likeness (QED) is 0.530. The first-order chi connectivity index (χ1) is 7.99. The number of hydrogen-bond acceptors (Lipinski definition) is 0. The van der Waals surface area contributed by atoms with Gasteiger partial charge in [-0.1, -0.05) is 92.9 Å². The zero-order chi connectivity index (χ0) is 13.3. The Bertz CT molecular complexity index is 143. The van der Waals surface area contributed by atoms with Gasteiger partial charge >= 0.3 is 0 Å². The van der Waals surface area contributed by atoms with Crippen LogP contribution in [0.1, 0.15) is 92.9 Å². The molecule has 0 N–H and O–H groups in total. The van der Waals surface area contributed by atoms with Gasteiger partial charge in [-0.05, 0) is 17.3 Å². The van der Waals surface area contributed by atoms with Gasteiger partial charge < -0.3 is 0 Å². The Morgan fingerprint density at radius 2 is 1.00 bits per heavy atom. The van der Waals surface area contributed by atoms with Crippen molar-refractivity contribution >= 4 is 0 Å². The molecule has 0 amide bonds. The third kappa shape index (κ3) is 7.84. The maximum absolute atomic E-state index is 2.33. The maximum atomic E-state index is 2.33. The monoisotopic (exact) mass is 240 g/mol. The molecule has 0 bridgehead atoms. The highest BCUT2D eigenvalue weighted by atomic mass is 14.2. The van der Waals surface area contributed by atoms with Crippen LogP contribution in [0.15, 0.2) is 0 Å². The van der Waals surface area contributed by atoms with Crippen LogP contribution in [-0.4, -0.2) is 0 Å². The Morgan fingerprint density at radius 1 is 0.706 bits per heavy atom. The van der Waals surface area contributed by atoms with Crippen LogP contribution in [0.25, 0.3) is 0 Å². The highest BCUT2D eigenvalue weighted by molar-refractivity contribution is 4.70. The van der Waals surface area contributed by atoms with Crippen LogP contribution in [-0.2, 0) is 0 Å². The van der Waals surface area contributed by atoms with E-state index in [2.05, 4.69) is 41.5 Å². The van der Waals surface area contributed by atoms with E-state index in [1.807, 2.05) is 0 Å². The van der Waals surface area contributed by atoms with E-state index >= 15 is 0 Å². The van der Waals surface area contributed by atoms with E-state index in [1.54, 1.807) is 0 Å². The Hall–Kier alpha value is 0. The molecule has 1 fully saturated rings. The number of rotatable bonds is 4. The van der Waals surface area contributed by atoms with Crippen molar-refractivity contribution in [3.63, 3.8) is 0 Å². The van der Waals surface area contributed by atoms with Gasteiger partial charge in [0.2, 0.25) is 0 Å². The highest BCUT2D eigenvalue weighted by Gasteiger charge is 2.17. The summed E-state index contributed by atoms with van der Waals surface area (Å²) in [6.07, 6.45) is 11.5. The normalized spacial score (nSPS) is 25.1. The van der Waals surface area contributed by atoms with E-state index in [1.165, 1.54) is 51.4 Å². The molecule has 0 spiro atoms. The average Bonchev–Trinajstić information content (AvgIpc) is 2.39. The fraction of sp³-hybridized carbons (Fsp3) is 1.00. The molecule has 0 aromatic rings. The SMILES string of the molecule is CCC(C)(C)CC.CCC1CCC(CC)CC1. The first-order valence-corrected chi connectivity index (χ1v) is 7.99. The third-order valence-corrected chi connectivity index (χ3v) is 5.04. The predicted octanol–water partition coefficient (Wildman–Crippen LogP) is 6.45. The fourth-order valence-electron chi connectivity index (χ4n) is 2.30. The standard InChI is InChI=1S/C10H20.C7H16/c1-3-9-5-7-10(4-2)8-6-9;1-5-7(3,4)6-2/h9-10H,3-8H2,1-2H3;5-6H2,1-4H3. The molecule has 0 aromatic heterocycles. The van der Waals surface area contributed by atoms with Crippen LogP contribution in [0.2, 0.25) is 0 Å². The van der Waals surface area contributed by atoms with E-state index in [4.69, 9.17) is 0 Å². The first-order valence-electron chi connectivity index (χ1n) is 7.99. The largest absolute Gasteiger partial charge is 0.0651 e. The van der Waals surface area contributed by atoms with E-state index in [0.717, 1.165) is 11.8 Å². The summed E-state index contributed by atoms with van der Waals surface area (Å²) in [7, 11) is 0. The molecule has 0 radical (unpaired) electrons. The molecule has 104 valence electrons. The summed E-state index contributed by atoms with van der Waals surface area (Å²) in [5, 5.41) is 0. The molecule has 1 aliphatic rings. The van der Waals surface area contributed by atoms with Crippen LogP contribution >= 0.6 is 0 Å². The average molecular weight is 240 g/mol. The molecule has 0 aromatic carbocycles. The Morgan fingerprint density at radius 3 is 1.12 bits per heavy atom. The van der Waals surface area contributed by atoms with Crippen molar-refractivity contribution in [1.82, 2.24) is 0 Å². The van der Waals surface area contributed by atoms with Crippen molar-refractivity contribution in [2.45, 2.75) is 92.9 Å². The van der Waals surface area contributed by atoms with Crippen LogP contribution in [0, 0.1) is 17.3 Å². The third-order valence-electron chi connectivity index (χ3n) is 5.04. The van der Waals surface area contributed by atoms with Gasteiger partial charge in [0.15, 0.2) is 0 Å². The Kier molecular flexibility index (Phi) is 9.00. The summed E-state index contributed by atoms with van der Waals surface area (Å²) in [5.74, 6) is 2.14. The smallest absolute Gasteiger partial charge is 0.0359 e. The van der Waals surface area contributed by atoms with Crippen molar-refractivity contribution < 1.29 is 0 Å². The fourth-order valence-corrected chi connectivity index (χ4v) is 2.30. The maximum Gasteiger partial charge on any atom is -0.0359 e. The summed E-state index contributed by atoms with van der Waals surface area (Å²) < 4.78 is 0. The first kappa shape index (κ1) is 17.0. The van der Waals surface area contributed by atoms with E-state index in [0.29, 0.717) is 5.41 Å².